The molecular weight excluding hydrogens is 367 g/mol. The molecule has 0 bridgehead atoms. The molecule has 2 N–H and O–H groups in total. The third kappa shape index (κ3) is 6.84. The molecule has 2 aromatic rings. The maximum absolute atomic E-state index is 13.4. The zero-order chi connectivity index (χ0) is 20.5. The third-order valence-electron chi connectivity index (χ3n) is 4.98. The predicted octanol–water partition coefficient (Wildman–Crippen LogP) is 3.22. The van der Waals surface area contributed by atoms with Gasteiger partial charge in [-0.1, -0.05) is 36.4 Å². The number of benzene rings is 2. The highest BCUT2D eigenvalue weighted by Crippen LogP contribution is 2.11. The molecule has 0 atom stereocenters. The van der Waals surface area contributed by atoms with E-state index in [1.54, 1.807) is 13.0 Å². The van der Waals surface area contributed by atoms with Gasteiger partial charge in [0.15, 0.2) is 5.96 Å². The number of guanidine groups is 1. The number of nitrogens with zero attached hydrogens (tertiary/aromatic N) is 2. The molecule has 0 saturated carbocycles. The molecule has 1 heterocycles. The summed E-state index contributed by atoms with van der Waals surface area (Å²) in [5.74, 6) is 0.576. The Bertz CT molecular complexity index is 801. The van der Waals surface area contributed by atoms with Gasteiger partial charge in [-0.05, 0) is 42.2 Å². The molecule has 0 aliphatic carbocycles. The zero-order valence-electron chi connectivity index (χ0n) is 17.4. The van der Waals surface area contributed by atoms with Crippen LogP contribution in [0.4, 0.5) is 4.39 Å². The van der Waals surface area contributed by atoms with Crippen LogP contribution in [-0.2, 0) is 24.4 Å². The predicted molar refractivity (Wildman–Crippen MR) is 115 cm³/mol. The fourth-order valence-corrected chi connectivity index (χ4v) is 3.28. The van der Waals surface area contributed by atoms with Crippen LogP contribution in [0.3, 0.4) is 0 Å². The number of ether oxygens (including phenoxy) is 1. The number of rotatable bonds is 7. The van der Waals surface area contributed by atoms with Crippen LogP contribution in [0.25, 0.3) is 0 Å². The molecule has 1 aliphatic heterocycles. The average molecular weight is 399 g/mol. The van der Waals surface area contributed by atoms with Gasteiger partial charge in [-0.15, -0.1) is 0 Å². The van der Waals surface area contributed by atoms with E-state index in [1.165, 1.54) is 17.2 Å². The second-order valence-electron chi connectivity index (χ2n) is 7.34. The summed E-state index contributed by atoms with van der Waals surface area (Å²) in [6.07, 6.45) is 0. The van der Waals surface area contributed by atoms with Crippen molar-refractivity contribution in [3.05, 3.63) is 70.5 Å². The first kappa shape index (κ1) is 21.3. The number of nitrogens with one attached hydrogen (secondary N) is 2. The van der Waals surface area contributed by atoms with Crippen molar-refractivity contribution in [2.24, 2.45) is 4.99 Å². The average Bonchev–Trinajstić information content (AvgIpc) is 2.74. The standard InChI is InChI=1S/C23H31FN4O/c1-3-25-23(27-16-21-8-9-22(24)18(2)14-21)26-15-19-4-6-20(7-5-19)17-28-10-12-29-13-11-28/h4-9,14H,3,10-13,15-17H2,1-2H3,(H2,25,26,27). The van der Waals surface area contributed by atoms with Crippen molar-refractivity contribution >= 4 is 5.96 Å². The van der Waals surface area contributed by atoms with E-state index in [-0.39, 0.29) is 5.82 Å². The van der Waals surface area contributed by atoms with Gasteiger partial charge in [0.05, 0.1) is 19.8 Å². The van der Waals surface area contributed by atoms with Crippen LogP contribution in [0.15, 0.2) is 47.5 Å². The summed E-state index contributed by atoms with van der Waals surface area (Å²) in [7, 11) is 0. The lowest BCUT2D eigenvalue weighted by atomic mass is 10.1. The Hall–Kier alpha value is -2.44. The Morgan fingerprint density at radius 3 is 2.41 bits per heavy atom. The van der Waals surface area contributed by atoms with Gasteiger partial charge in [-0.25, -0.2) is 9.38 Å². The number of morpholine rings is 1. The molecule has 1 aliphatic rings. The highest BCUT2D eigenvalue weighted by atomic mass is 19.1. The first-order chi connectivity index (χ1) is 14.1. The van der Waals surface area contributed by atoms with E-state index in [2.05, 4.69) is 44.8 Å². The summed E-state index contributed by atoms with van der Waals surface area (Å²) in [5, 5.41) is 6.63. The number of aryl methyl sites for hydroxylation is 1. The fourth-order valence-electron chi connectivity index (χ4n) is 3.28. The number of hydrogen-bond acceptors (Lipinski definition) is 3. The Balaban J connectivity index is 1.53. The summed E-state index contributed by atoms with van der Waals surface area (Å²) in [6.45, 7) is 10.4. The van der Waals surface area contributed by atoms with Crippen LogP contribution in [0.5, 0.6) is 0 Å². The lowest BCUT2D eigenvalue weighted by Gasteiger charge is -2.26. The summed E-state index contributed by atoms with van der Waals surface area (Å²) < 4.78 is 18.8. The second-order valence-corrected chi connectivity index (χ2v) is 7.34. The molecular formula is C23H31FN4O. The second kappa shape index (κ2) is 10.9. The minimum absolute atomic E-state index is 0.181. The minimum atomic E-state index is -0.181. The Morgan fingerprint density at radius 1 is 1.03 bits per heavy atom. The molecule has 0 aromatic heterocycles. The zero-order valence-corrected chi connectivity index (χ0v) is 17.4. The summed E-state index contributed by atoms with van der Waals surface area (Å²) in [5.41, 5.74) is 4.17. The van der Waals surface area contributed by atoms with Crippen molar-refractivity contribution in [1.29, 1.82) is 0 Å². The van der Waals surface area contributed by atoms with Crippen LogP contribution in [0.2, 0.25) is 0 Å². The van der Waals surface area contributed by atoms with E-state index in [1.807, 2.05) is 13.0 Å². The molecule has 5 nitrogen and oxygen atoms in total. The van der Waals surface area contributed by atoms with Gasteiger partial charge in [0.2, 0.25) is 0 Å². The van der Waals surface area contributed by atoms with Crippen LogP contribution >= 0.6 is 0 Å². The van der Waals surface area contributed by atoms with Crippen molar-refractivity contribution in [2.45, 2.75) is 33.5 Å². The molecule has 29 heavy (non-hydrogen) atoms. The van der Waals surface area contributed by atoms with E-state index < -0.39 is 0 Å². The Labute approximate surface area is 173 Å². The van der Waals surface area contributed by atoms with Crippen molar-refractivity contribution in [3.8, 4) is 0 Å². The van der Waals surface area contributed by atoms with E-state index in [9.17, 15) is 4.39 Å². The highest BCUT2D eigenvalue weighted by Gasteiger charge is 2.10. The highest BCUT2D eigenvalue weighted by molar-refractivity contribution is 5.79. The maximum atomic E-state index is 13.4. The van der Waals surface area contributed by atoms with Gasteiger partial charge in [0, 0.05) is 32.7 Å². The van der Waals surface area contributed by atoms with E-state index in [4.69, 9.17) is 4.74 Å². The van der Waals surface area contributed by atoms with E-state index in [0.29, 0.717) is 18.7 Å². The lowest BCUT2D eigenvalue weighted by molar-refractivity contribution is 0.0342. The van der Waals surface area contributed by atoms with Gasteiger partial charge in [0.25, 0.3) is 0 Å². The van der Waals surface area contributed by atoms with Crippen molar-refractivity contribution in [1.82, 2.24) is 15.5 Å². The number of hydrogen-bond donors (Lipinski definition) is 2. The molecule has 0 radical (unpaired) electrons. The first-order valence-corrected chi connectivity index (χ1v) is 10.3. The molecule has 6 heteroatoms. The molecule has 156 valence electrons. The van der Waals surface area contributed by atoms with E-state index >= 15 is 0 Å². The summed E-state index contributed by atoms with van der Waals surface area (Å²) >= 11 is 0. The Kier molecular flexibility index (Phi) is 8.02. The van der Waals surface area contributed by atoms with Gasteiger partial charge in [-0.3, -0.25) is 4.90 Å². The van der Waals surface area contributed by atoms with Crippen molar-refractivity contribution < 1.29 is 9.13 Å². The number of halogens is 1. The molecule has 0 spiro atoms. The monoisotopic (exact) mass is 398 g/mol. The van der Waals surface area contributed by atoms with E-state index in [0.717, 1.165) is 50.9 Å². The maximum Gasteiger partial charge on any atom is 0.191 e. The van der Waals surface area contributed by atoms with Crippen molar-refractivity contribution in [2.75, 3.05) is 32.8 Å². The van der Waals surface area contributed by atoms with Crippen LogP contribution < -0.4 is 10.6 Å². The van der Waals surface area contributed by atoms with Crippen molar-refractivity contribution in [3.63, 3.8) is 0 Å². The number of aliphatic imine (C=N–C) groups is 1. The molecule has 2 aromatic carbocycles. The summed E-state index contributed by atoms with van der Waals surface area (Å²) in [4.78, 5) is 7.04. The van der Waals surface area contributed by atoms with Crippen LogP contribution in [0, 0.1) is 12.7 Å². The van der Waals surface area contributed by atoms with Gasteiger partial charge >= 0.3 is 0 Å². The quantitative estimate of drug-likeness (QED) is 0.555. The van der Waals surface area contributed by atoms with Gasteiger partial charge in [0.1, 0.15) is 5.82 Å². The Morgan fingerprint density at radius 2 is 1.72 bits per heavy atom. The van der Waals surface area contributed by atoms with Gasteiger partial charge in [-0.2, -0.15) is 0 Å². The smallest absolute Gasteiger partial charge is 0.191 e. The van der Waals surface area contributed by atoms with Crippen LogP contribution in [0.1, 0.15) is 29.2 Å². The molecule has 1 saturated heterocycles. The molecule has 0 amide bonds. The molecule has 0 unspecified atom stereocenters. The summed E-state index contributed by atoms with van der Waals surface area (Å²) in [6, 6.07) is 13.8. The lowest BCUT2D eigenvalue weighted by Crippen LogP contribution is -2.36. The third-order valence-corrected chi connectivity index (χ3v) is 4.98. The topological polar surface area (TPSA) is 48.9 Å². The minimum Gasteiger partial charge on any atom is -0.379 e. The largest absolute Gasteiger partial charge is 0.379 e. The SMILES string of the molecule is CCNC(=NCc1ccc(F)c(C)c1)NCc1ccc(CN2CCOCC2)cc1. The molecule has 1 fully saturated rings. The van der Waals surface area contributed by atoms with Gasteiger partial charge < -0.3 is 15.4 Å². The fraction of sp³-hybridized carbons (Fsp3) is 0.435. The van der Waals surface area contributed by atoms with Crippen LogP contribution in [-0.4, -0.2) is 43.7 Å². The normalized spacial score (nSPS) is 15.3. The molecule has 3 rings (SSSR count). The first-order valence-electron chi connectivity index (χ1n) is 10.3.